The van der Waals surface area contributed by atoms with Gasteiger partial charge in [0, 0.05) is 37.8 Å². The Balaban J connectivity index is 1.19. The molecule has 7 nitrogen and oxygen atoms in total. The minimum absolute atomic E-state index is 0.0231. The monoisotopic (exact) mass is 451 g/mol. The van der Waals surface area contributed by atoms with Gasteiger partial charge in [-0.25, -0.2) is 0 Å². The molecule has 2 aromatic carbocycles. The van der Waals surface area contributed by atoms with Crippen LogP contribution >= 0.6 is 0 Å². The lowest BCUT2D eigenvalue weighted by molar-refractivity contribution is -0.139. The molecule has 2 saturated heterocycles. The van der Waals surface area contributed by atoms with Crippen molar-refractivity contribution < 1.29 is 19.1 Å². The molecule has 176 valence electrons. The number of carbonyl (C=O) groups is 2. The van der Waals surface area contributed by atoms with Gasteiger partial charge < -0.3 is 25.0 Å². The third kappa shape index (κ3) is 6.26. The van der Waals surface area contributed by atoms with Crippen LogP contribution in [-0.2, 0) is 27.2 Å². The Kier molecular flexibility index (Phi) is 7.83. The van der Waals surface area contributed by atoms with Crippen LogP contribution < -0.4 is 20.3 Å². The number of nitrogens with zero attached hydrogens (tertiary/aromatic N) is 1. The van der Waals surface area contributed by atoms with Crippen molar-refractivity contribution >= 4 is 17.6 Å². The second-order valence-electron chi connectivity index (χ2n) is 8.69. The summed E-state index contributed by atoms with van der Waals surface area (Å²) in [4.78, 5) is 26.4. The van der Waals surface area contributed by atoms with Gasteiger partial charge in [-0.2, -0.15) is 0 Å². The topological polar surface area (TPSA) is 79.9 Å². The number of esters is 1. The van der Waals surface area contributed by atoms with Crippen LogP contribution in [-0.4, -0.2) is 57.3 Å². The summed E-state index contributed by atoms with van der Waals surface area (Å²) < 4.78 is 10.4. The summed E-state index contributed by atoms with van der Waals surface area (Å²) in [6, 6.07) is 16.4. The Hall–Kier alpha value is -3.06. The van der Waals surface area contributed by atoms with E-state index in [0.717, 1.165) is 55.6 Å². The van der Waals surface area contributed by atoms with Crippen molar-refractivity contribution in [3.63, 3.8) is 0 Å². The number of nitrogens with one attached hydrogen (secondary N) is 2. The van der Waals surface area contributed by atoms with E-state index in [4.69, 9.17) is 9.47 Å². The number of para-hydroxylation sites is 1. The van der Waals surface area contributed by atoms with E-state index < -0.39 is 0 Å². The zero-order valence-electron chi connectivity index (χ0n) is 19.2. The highest BCUT2D eigenvalue weighted by Gasteiger charge is 2.30. The number of cyclic esters (lactones) is 1. The van der Waals surface area contributed by atoms with Crippen molar-refractivity contribution in [2.24, 2.45) is 0 Å². The maximum atomic E-state index is 12.4. The molecular weight excluding hydrogens is 418 g/mol. The van der Waals surface area contributed by atoms with E-state index in [-0.39, 0.29) is 17.9 Å². The first-order valence-corrected chi connectivity index (χ1v) is 11.8. The molecule has 4 rings (SSSR count). The highest BCUT2D eigenvalue weighted by atomic mass is 16.5. The first kappa shape index (κ1) is 23.1. The SMILES string of the molecule is COc1ccccc1CCNC(=O)Cc1ccc(N2CCC(NC3CCOC3=O)CC2)cc1. The van der Waals surface area contributed by atoms with Crippen LogP contribution in [0, 0.1) is 0 Å². The number of benzene rings is 2. The quantitative estimate of drug-likeness (QED) is 0.571. The number of carbonyl (C=O) groups excluding carboxylic acids is 2. The number of ether oxygens (including phenoxy) is 2. The number of hydrogen-bond acceptors (Lipinski definition) is 6. The van der Waals surface area contributed by atoms with Crippen LogP contribution in [0.25, 0.3) is 0 Å². The van der Waals surface area contributed by atoms with Crippen LogP contribution in [0.5, 0.6) is 5.75 Å². The van der Waals surface area contributed by atoms with E-state index in [1.54, 1.807) is 7.11 Å². The van der Waals surface area contributed by atoms with Gasteiger partial charge in [-0.15, -0.1) is 0 Å². The Labute approximate surface area is 195 Å². The van der Waals surface area contributed by atoms with Gasteiger partial charge in [0.25, 0.3) is 0 Å². The summed E-state index contributed by atoms with van der Waals surface area (Å²) >= 11 is 0. The third-order valence-corrected chi connectivity index (χ3v) is 6.44. The van der Waals surface area contributed by atoms with Gasteiger partial charge in [0.2, 0.25) is 5.91 Å². The van der Waals surface area contributed by atoms with Crippen LogP contribution in [0.15, 0.2) is 48.5 Å². The second kappa shape index (κ2) is 11.2. The average Bonchev–Trinajstić information content (AvgIpc) is 3.24. The van der Waals surface area contributed by atoms with E-state index in [9.17, 15) is 9.59 Å². The van der Waals surface area contributed by atoms with E-state index >= 15 is 0 Å². The fourth-order valence-electron chi connectivity index (χ4n) is 4.55. The summed E-state index contributed by atoms with van der Waals surface area (Å²) in [6.07, 6.45) is 3.88. The van der Waals surface area contributed by atoms with Gasteiger partial charge in [-0.05, 0) is 48.6 Å². The lowest BCUT2D eigenvalue weighted by Crippen LogP contribution is -2.47. The first-order valence-electron chi connectivity index (χ1n) is 11.8. The second-order valence-corrected chi connectivity index (χ2v) is 8.69. The summed E-state index contributed by atoms with van der Waals surface area (Å²) in [5.41, 5.74) is 3.27. The zero-order chi connectivity index (χ0) is 23.0. The van der Waals surface area contributed by atoms with Crippen LogP contribution in [0.1, 0.15) is 30.4 Å². The number of rotatable bonds is 9. The minimum atomic E-state index is -0.137. The van der Waals surface area contributed by atoms with E-state index in [1.165, 1.54) is 5.69 Å². The van der Waals surface area contributed by atoms with Gasteiger partial charge in [0.15, 0.2) is 0 Å². The van der Waals surface area contributed by atoms with Crippen LogP contribution in [0.4, 0.5) is 5.69 Å². The molecule has 33 heavy (non-hydrogen) atoms. The highest BCUT2D eigenvalue weighted by Crippen LogP contribution is 2.22. The number of piperidine rings is 1. The molecule has 1 amide bonds. The molecule has 7 heteroatoms. The molecule has 1 atom stereocenters. The molecule has 2 aromatic rings. The molecular formula is C26H33N3O4. The number of anilines is 1. The first-order chi connectivity index (χ1) is 16.1. The molecule has 0 saturated carbocycles. The molecule has 1 unspecified atom stereocenters. The Morgan fingerprint density at radius 2 is 1.85 bits per heavy atom. The van der Waals surface area contributed by atoms with Gasteiger partial charge in [0.1, 0.15) is 11.8 Å². The van der Waals surface area contributed by atoms with Crippen molar-refractivity contribution in [3.05, 3.63) is 59.7 Å². The summed E-state index contributed by atoms with van der Waals surface area (Å²) in [5, 5.41) is 6.45. The van der Waals surface area contributed by atoms with Gasteiger partial charge in [-0.3, -0.25) is 9.59 Å². The molecule has 2 N–H and O–H groups in total. The van der Waals surface area contributed by atoms with E-state index in [2.05, 4.69) is 27.7 Å². The van der Waals surface area contributed by atoms with Crippen molar-refractivity contribution in [1.82, 2.24) is 10.6 Å². The van der Waals surface area contributed by atoms with E-state index in [0.29, 0.717) is 25.6 Å². The maximum absolute atomic E-state index is 12.4. The predicted octanol–water partition coefficient (Wildman–Crippen LogP) is 2.47. The number of amides is 1. The number of methoxy groups -OCH3 is 1. The van der Waals surface area contributed by atoms with Crippen molar-refractivity contribution in [3.8, 4) is 5.75 Å². The minimum Gasteiger partial charge on any atom is -0.496 e. The Morgan fingerprint density at radius 1 is 1.09 bits per heavy atom. The molecule has 2 aliphatic heterocycles. The maximum Gasteiger partial charge on any atom is 0.323 e. The largest absolute Gasteiger partial charge is 0.496 e. The third-order valence-electron chi connectivity index (χ3n) is 6.44. The molecule has 0 aromatic heterocycles. The fraction of sp³-hybridized carbons (Fsp3) is 0.462. The number of hydrogen-bond donors (Lipinski definition) is 2. The Bertz CT molecular complexity index is 939. The molecule has 0 spiro atoms. The molecule has 2 fully saturated rings. The van der Waals surface area contributed by atoms with Crippen molar-refractivity contribution in [2.45, 2.75) is 44.2 Å². The van der Waals surface area contributed by atoms with Crippen LogP contribution in [0.2, 0.25) is 0 Å². The summed E-state index contributed by atoms with van der Waals surface area (Å²) in [6.45, 7) is 3.00. The van der Waals surface area contributed by atoms with E-state index in [1.807, 2.05) is 36.4 Å². The van der Waals surface area contributed by atoms with Crippen molar-refractivity contribution in [1.29, 1.82) is 0 Å². The average molecular weight is 452 g/mol. The fourth-order valence-corrected chi connectivity index (χ4v) is 4.55. The normalized spacial score (nSPS) is 18.8. The molecule has 0 bridgehead atoms. The highest BCUT2D eigenvalue weighted by molar-refractivity contribution is 5.78. The lowest BCUT2D eigenvalue weighted by atomic mass is 10.0. The summed E-state index contributed by atoms with van der Waals surface area (Å²) in [5.74, 6) is 0.759. The zero-order valence-corrected chi connectivity index (χ0v) is 19.2. The summed E-state index contributed by atoms with van der Waals surface area (Å²) in [7, 11) is 1.66. The van der Waals surface area contributed by atoms with Gasteiger partial charge >= 0.3 is 5.97 Å². The molecule has 2 aliphatic rings. The van der Waals surface area contributed by atoms with Gasteiger partial charge in [0.05, 0.1) is 20.1 Å². The standard InChI is InChI=1S/C26H33N3O4/c1-32-24-5-3-2-4-20(24)10-14-27-25(30)18-19-6-8-22(9-7-19)29-15-11-21(12-16-29)28-23-13-17-33-26(23)31/h2-9,21,23,28H,10-18H2,1H3,(H,27,30). The van der Waals surface area contributed by atoms with Crippen molar-refractivity contribution in [2.75, 3.05) is 38.3 Å². The van der Waals surface area contributed by atoms with Gasteiger partial charge in [-0.1, -0.05) is 30.3 Å². The predicted molar refractivity (Wildman–Crippen MR) is 128 cm³/mol. The molecule has 0 aliphatic carbocycles. The smallest absolute Gasteiger partial charge is 0.323 e. The lowest BCUT2D eigenvalue weighted by Gasteiger charge is -2.34. The Morgan fingerprint density at radius 3 is 2.55 bits per heavy atom. The van der Waals surface area contributed by atoms with Crippen LogP contribution in [0.3, 0.4) is 0 Å². The molecule has 2 heterocycles. The molecule has 0 radical (unpaired) electrons.